The minimum atomic E-state index is -0.358. The first-order chi connectivity index (χ1) is 9.15. The Morgan fingerprint density at radius 1 is 1.37 bits per heavy atom. The lowest BCUT2D eigenvalue weighted by Gasteiger charge is -1.95. The van der Waals surface area contributed by atoms with Crippen molar-refractivity contribution in [2.45, 2.75) is 6.92 Å². The molecule has 0 unspecified atom stereocenters. The molecule has 0 N–H and O–H groups in total. The van der Waals surface area contributed by atoms with Gasteiger partial charge in [0.25, 0.3) is 0 Å². The highest BCUT2D eigenvalue weighted by molar-refractivity contribution is 7.16. The zero-order valence-corrected chi connectivity index (χ0v) is 11.4. The topological polar surface area (TPSA) is 47.5 Å². The molecule has 5 heteroatoms. The zero-order valence-electron chi connectivity index (χ0n) is 10.6. The molecule has 0 aliphatic heterocycles. The van der Waals surface area contributed by atoms with E-state index in [1.165, 1.54) is 23.2 Å². The normalized spacial score (nSPS) is 12.2. The summed E-state index contributed by atoms with van der Waals surface area (Å²) in [6, 6.07) is 9.47. The fourth-order valence-corrected chi connectivity index (χ4v) is 3.00. The van der Waals surface area contributed by atoms with Crippen LogP contribution in [0.4, 0.5) is 0 Å². The van der Waals surface area contributed by atoms with E-state index in [1.54, 1.807) is 12.1 Å². The average Bonchev–Trinajstić information content (AvgIpc) is 2.99. The van der Waals surface area contributed by atoms with Crippen LogP contribution in [0.5, 0.6) is 0 Å². The molecule has 1 aromatic carbocycles. The molecule has 0 saturated heterocycles. The second-order valence-electron chi connectivity index (χ2n) is 4.31. The molecule has 0 aliphatic rings. The number of fused-ring (bicyclic) bond motifs is 1. The quantitative estimate of drug-likeness (QED) is 0.684. The number of furan rings is 1. The summed E-state index contributed by atoms with van der Waals surface area (Å²) in [6.07, 6.45) is 1.47. The van der Waals surface area contributed by atoms with Crippen molar-refractivity contribution in [3.05, 3.63) is 52.7 Å². The first-order valence-corrected chi connectivity index (χ1v) is 6.65. The van der Waals surface area contributed by atoms with Crippen LogP contribution in [-0.2, 0) is 7.05 Å². The van der Waals surface area contributed by atoms with Crippen molar-refractivity contribution in [1.29, 1.82) is 0 Å². The van der Waals surface area contributed by atoms with Gasteiger partial charge in [-0.25, -0.2) is 0 Å². The molecule has 4 nitrogen and oxygen atoms in total. The summed E-state index contributed by atoms with van der Waals surface area (Å²) < 4.78 is 8.09. The second-order valence-corrected chi connectivity index (χ2v) is 5.32. The van der Waals surface area contributed by atoms with E-state index in [2.05, 4.69) is 11.1 Å². The fraction of sp³-hybridized carbons (Fsp3) is 0.143. The second kappa shape index (κ2) is 4.51. The van der Waals surface area contributed by atoms with E-state index in [0.29, 0.717) is 4.80 Å². The van der Waals surface area contributed by atoms with Crippen molar-refractivity contribution < 1.29 is 9.21 Å². The van der Waals surface area contributed by atoms with Gasteiger partial charge in [0, 0.05) is 7.05 Å². The number of benzene rings is 1. The van der Waals surface area contributed by atoms with Gasteiger partial charge in [-0.2, -0.15) is 4.99 Å². The van der Waals surface area contributed by atoms with E-state index in [4.69, 9.17) is 4.42 Å². The summed E-state index contributed by atoms with van der Waals surface area (Å²) in [6.45, 7) is 2.05. The van der Waals surface area contributed by atoms with Crippen LogP contribution in [0, 0.1) is 6.92 Å². The number of nitrogens with zero attached hydrogens (tertiary/aromatic N) is 2. The fourth-order valence-electron chi connectivity index (χ4n) is 1.89. The van der Waals surface area contributed by atoms with Crippen LogP contribution >= 0.6 is 11.3 Å². The number of amides is 1. The molecule has 1 amide bonds. The maximum atomic E-state index is 11.9. The van der Waals surface area contributed by atoms with Gasteiger partial charge in [-0.3, -0.25) is 4.79 Å². The zero-order chi connectivity index (χ0) is 13.4. The van der Waals surface area contributed by atoms with Gasteiger partial charge in [-0.1, -0.05) is 17.4 Å². The van der Waals surface area contributed by atoms with Gasteiger partial charge >= 0.3 is 5.91 Å². The van der Waals surface area contributed by atoms with Crippen LogP contribution in [0.15, 0.2) is 46.0 Å². The number of aromatic nitrogens is 1. The van der Waals surface area contributed by atoms with E-state index in [0.717, 1.165) is 10.2 Å². The molecule has 96 valence electrons. The van der Waals surface area contributed by atoms with Gasteiger partial charge in [0.05, 0.1) is 16.5 Å². The predicted molar refractivity (Wildman–Crippen MR) is 74.1 cm³/mol. The molecule has 0 spiro atoms. The van der Waals surface area contributed by atoms with Crippen molar-refractivity contribution in [1.82, 2.24) is 4.57 Å². The highest BCUT2D eigenvalue weighted by Gasteiger charge is 2.09. The van der Waals surface area contributed by atoms with Gasteiger partial charge in [-0.05, 0) is 36.8 Å². The molecule has 2 heterocycles. The predicted octanol–water partition coefficient (Wildman–Crippen LogP) is 2.88. The molecule has 2 aromatic heterocycles. The summed E-state index contributed by atoms with van der Waals surface area (Å²) in [5.41, 5.74) is 2.26. The molecule has 0 radical (unpaired) electrons. The Balaban J connectivity index is 2.15. The molecule has 0 atom stereocenters. The van der Waals surface area contributed by atoms with Crippen LogP contribution in [0.25, 0.3) is 10.2 Å². The summed E-state index contributed by atoms with van der Waals surface area (Å²) >= 11 is 1.50. The van der Waals surface area contributed by atoms with Crippen molar-refractivity contribution >= 4 is 27.5 Å². The molecule has 3 aromatic rings. The third-order valence-electron chi connectivity index (χ3n) is 2.89. The minimum Gasteiger partial charge on any atom is -0.459 e. The van der Waals surface area contributed by atoms with E-state index in [-0.39, 0.29) is 11.7 Å². The largest absolute Gasteiger partial charge is 0.459 e. The van der Waals surface area contributed by atoms with Crippen molar-refractivity contribution in [2.75, 3.05) is 0 Å². The lowest BCUT2D eigenvalue weighted by Crippen LogP contribution is -2.12. The lowest BCUT2D eigenvalue weighted by atomic mass is 10.2. The van der Waals surface area contributed by atoms with Gasteiger partial charge < -0.3 is 8.98 Å². The van der Waals surface area contributed by atoms with Crippen LogP contribution in [0.2, 0.25) is 0 Å². The maximum absolute atomic E-state index is 11.9. The van der Waals surface area contributed by atoms with Gasteiger partial charge in [0.2, 0.25) is 0 Å². The summed E-state index contributed by atoms with van der Waals surface area (Å²) in [5, 5.41) is 0. The van der Waals surface area contributed by atoms with Crippen LogP contribution in [0.3, 0.4) is 0 Å². The molecular formula is C14H12N2O2S. The first kappa shape index (κ1) is 11.9. The number of rotatable bonds is 1. The molecule has 0 bridgehead atoms. The Kier molecular flexibility index (Phi) is 2.83. The van der Waals surface area contributed by atoms with E-state index < -0.39 is 0 Å². The number of aryl methyl sites for hydroxylation is 2. The Morgan fingerprint density at radius 2 is 2.21 bits per heavy atom. The van der Waals surface area contributed by atoms with E-state index in [9.17, 15) is 4.79 Å². The van der Waals surface area contributed by atoms with Gasteiger partial charge in [0.15, 0.2) is 10.6 Å². The molecule has 3 rings (SSSR count). The Bertz CT molecular complexity index is 810. The van der Waals surface area contributed by atoms with Gasteiger partial charge in [-0.15, -0.1) is 0 Å². The van der Waals surface area contributed by atoms with Crippen molar-refractivity contribution in [2.24, 2.45) is 12.0 Å². The lowest BCUT2D eigenvalue weighted by molar-refractivity contribution is 0.0971. The molecular weight excluding hydrogens is 260 g/mol. The molecule has 0 aliphatic carbocycles. The highest BCUT2D eigenvalue weighted by Crippen LogP contribution is 2.18. The molecule has 19 heavy (non-hydrogen) atoms. The minimum absolute atomic E-state index is 0.258. The van der Waals surface area contributed by atoms with Crippen LogP contribution in [0.1, 0.15) is 16.1 Å². The number of thiazole rings is 1. The van der Waals surface area contributed by atoms with Crippen LogP contribution in [-0.4, -0.2) is 10.5 Å². The monoisotopic (exact) mass is 272 g/mol. The highest BCUT2D eigenvalue weighted by atomic mass is 32.1. The third kappa shape index (κ3) is 2.13. The smallest absolute Gasteiger partial charge is 0.315 e. The molecule has 0 fully saturated rings. The van der Waals surface area contributed by atoms with Crippen molar-refractivity contribution in [3.63, 3.8) is 0 Å². The number of hydrogen-bond donors (Lipinski definition) is 0. The van der Waals surface area contributed by atoms with E-state index >= 15 is 0 Å². The number of carbonyl (C=O) groups is 1. The summed E-state index contributed by atoms with van der Waals surface area (Å²) in [4.78, 5) is 16.7. The average molecular weight is 272 g/mol. The Labute approximate surface area is 113 Å². The van der Waals surface area contributed by atoms with E-state index in [1.807, 2.05) is 30.7 Å². The maximum Gasteiger partial charge on any atom is 0.315 e. The third-order valence-corrected chi connectivity index (χ3v) is 3.99. The number of hydrogen-bond acceptors (Lipinski definition) is 3. The Morgan fingerprint density at radius 3 is 2.95 bits per heavy atom. The standard InChI is InChI=1S/C14H12N2O2S/c1-9-5-6-10-12(8-9)19-14(16(10)2)15-13(17)11-4-3-7-18-11/h3-8H,1-2H3. The number of carbonyl (C=O) groups excluding carboxylic acids is 1. The van der Waals surface area contributed by atoms with Crippen molar-refractivity contribution in [3.8, 4) is 0 Å². The van der Waals surface area contributed by atoms with Gasteiger partial charge in [0.1, 0.15) is 0 Å². The summed E-state index contributed by atoms with van der Waals surface area (Å²) in [5.74, 6) is -0.0995. The van der Waals surface area contributed by atoms with Crippen LogP contribution < -0.4 is 4.80 Å². The Hall–Kier alpha value is -2.14. The molecule has 0 saturated carbocycles. The summed E-state index contributed by atoms with van der Waals surface area (Å²) in [7, 11) is 1.91. The SMILES string of the molecule is Cc1ccc2c(c1)sc(=NC(=O)c1ccco1)n2C. The first-order valence-electron chi connectivity index (χ1n) is 5.84.